The van der Waals surface area contributed by atoms with E-state index in [0.29, 0.717) is 0 Å². The van der Waals surface area contributed by atoms with Crippen molar-refractivity contribution in [3.05, 3.63) is 115 Å². The second kappa shape index (κ2) is 10.4. The lowest BCUT2D eigenvalue weighted by atomic mass is 9.99. The predicted molar refractivity (Wildman–Crippen MR) is 148 cm³/mol. The topological polar surface area (TPSA) is 43.4 Å². The van der Waals surface area contributed by atoms with E-state index in [9.17, 15) is 0 Å². The van der Waals surface area contributed by atoms with E-state index in [2.05, 4.69) is 72.9 Å². The largest absolute Gasteiger partial charge is 0.496 e. The van der Waals surface area contributed by atoms with Gasteiger partial charge in [-0.2, -0.15) is 0 Å². The zero-order valence-electron chi connectivity index (χ0n) is 20.7. The first-order valence-electron chi connectivity index (χ1n) is 11.9. The van der Waals surface area contributed by atoms with Crippen LogP contribution in [0.5, 0.6) is 11.5 Å². The summed E-state index contributed by atoms with van der Waals surface area (Å²) in [4.78, 5) is 5.02. The van der Waals surface area contributed by atoms with E-state index in [4.69, 9.17) is 14.5 Å². The van der Waals surface area contributed by atoms with E-state index < -0.39 is 0 Å². The number of rotatable bonds is 7. The van der Waals surface area contributed by atoms with E-state index in [1.54, 1.807) is 14.2 Å². The van der Waals surface area contributed by atoms with Crippen molar-refractivity contribution in [3.8, 4) is 45.1 Å². The Labute approximate surface area is 212 Å². The molecule has 4 heteroatoms. The molecule has 4 nitrogen and oxygen atoms in total. The lowest BCUT2D eigenvalue weighted by molar-refractivity contribution is 0.416. The van der Waals surface area contributed by atoms with Gasteiger partial charge in [0.15, 0.2) is 0 Å². The zero-order valence-corrected chi connectivity index (χ0v) is 20.7. The first-order valence-corrected chi connectivity index (χ1v) is 11.9. The Morgan fingerprint density at radius 3 is 1.53 bits per heavy atom. The Morgan fingerprint density at radius 1 is 0.556 bits per heavy atom. The van der Waals surface area contributed by atoms with Crippen molar-refractivity contribution < 1.29 is 9.47 Å². The third kappa shape index (κ3) is 4.93. The highest BCUT2D eigenvalue weighted by Gasteiger charge is 2.14. The Bertz CT molecular complexity index is 1410. The lowest BCUT2D eigenvalue weighted by Crippen LogP contribution is -1.95. The number of benzene rings is 4. The van der Waals surface area contributed by atoms with Gasteiger partial charge in [-0.1, -0.05) is 54.1 Å². The zero-order chi connectivity index (χ0) is 24.9. The molecule has 0 aliphatic heterocycles. The van der Waals surface area contributed by atoms with Crippen molar-refractivity contribution in [2.24, 2.45) is 0 Å². The average Bonchev–Trinajstić information content (AvgIpc) is 2.94. The van der Waals surface area contributed by atoms with Crippen LogP contribution in [0.2, 0.25) is 0 Å². The van der Waals surface area contributed by atoms with Crippen LogP contribution in [0, 0.1) is 6.92 Å². The average molecular weight is 473 g/mol. The summed E-state index contributed by atoms with van der Waals surface area (Å²) >= 11 is 0. The number of hydrogen-bond acceptors (Lipinski definition) is 4. The fraction of sp³-hybridized carbons (Fsp3) is 0.0938. The second-order valence-corrected chi connectivity index (χ2v) is 8.60. The van der Waals surface area contributed by atoms with Crippen LogP contribution in [0.15, 0.2) is 109 Å². The van der Waals surface area contributed by atoms with Crippen LogP contribution in [0.4, 0.5) is 11.4 Å². The van der Waals surface area contributed by atoms with Gasteiger partial charge in [0.1, 0.15) is 11.5 Å². The molecule has 0 bridgehead atoms. The number of pyridine rings is 1. The maximum absolute atomic E-state index is 5.64. The van der Waals surface area contributed by atoms with E-state index in [1.165, 1.54) is 5.56 Å². The Morgan fingerprint density at radius 2 is 1.03 bits per heavy atom. The number of nitrogens with zero attached hydrogens (tertiary/aromatic N) is 1. The number of ether oxygens (including phenoxy) is 2. The molecule has 5 aromatic rings. The first-order chi connectivity index (χ1) is 17.6. The highest BCUT2D eigenvalue weighted by molar-refractivity contribution is 5.80. The standard InChI is InChI=1S/C32H28N2O2/c1-22-12-16-25(17-13-22)33-26-18-14-23(15-19-26)24-20-29(27-8-4-6-10-31(27)35-2)34-30(21-24)28-9-5-7-11-32(28)36-3/h4-21,33H,1-3H3. The molecule has 0 atom stereocenters. The van der Waals surface area contributed by atoms with Crippen molar-refractivity contribution in [2.45, 2.75) is 6.92 Å². The monoisotopic (exact) mass is 472 g/mol. The van der Waals surface area contributed by atoms with E-state index >= 15 is 0 Å². The van der Waals surface area contributed by atoms with Crippen LogP contribution < -0.4 is 14.8 Å². The highest BCUT2D eigenvalue weighted by atomic mass is 16.5. The molecule has 0 fully saturated rings. The minimum absolute atomic E-state index is 0.783. The molecular formula is C32H28N2O2. The summed E-state index contributed by atoms with van der Waals surface area (Å²) in [6.07, 6.45) is 0. The van der Waals surface area contributed by atoms with Crippen LogP contribution in [0.3, 0.4) is 0 Å². The van der Waals surface area contributed by atoms with Gasteiger partial charge in [0.25, 0.3) is 0 Å². The summed E-state index contributed by atoms with van der Waals surface area (Å²) in [5.74, 6) is 1.57. The molecule has 0 radical (unpaired) electrons. The Kier molecular flexibility index (Phi) is 6.67. The Hall–Kier alpha value is -4.57. The molecule has 0 saturated carbocycles. The molecule has 1 N–H and O–H groups in total. The van der Waals surface area contributed by atoms with E-state index in [0.717, 1.165) is 56.5 Å². The van der Waals surface area contributed by atoms with Gasteiger partial charge in [0, 0.05) is 22.5 Å². The van der Waals surface area contributed by atoms with Crippen LogP contribution in [-0.2, 0) is 0 Å². The number of nitrogens with one attached hydrogen (secondary N) is 1. The quantitative estimate of drug-likeness (QED) is 0.259. The summed E-state index contributed by atoms with van der Waals surface area (Å²) < 4.78 is 11.3. The number of aryl methyl sites for hydroxylation is 1. The van der Waals surface area contributed by atoms with Gasteiger partial charge in [-0.25, -0.2) is 4.98 Å². The highest BCUT2D eigenvalue weighted by Crippen LogP contribution is 2.37. The smallest absolute Gasteiger partial charge is 0.128 e. The fourth-order valence-corrected chi connectivity index (χ4v) is 4.24. The van der Waals surface area contributed by atoms with Gasteiger partial charge in [-0.05, 0) is 78.7 Å². The van der Waals surface area contributed by atoms with Crippen LogP contribution >= 0.6 is 0 Å². The van der Waals surface area contributed by atoms with Gasteiger partial charge in [-0.3, -0.25) is 0 Å². The molecule has 5 rings (SSSR count). The van der Waals surface area contributed by atoms with Crippen LogP contribution in [-0.4, -0.2) is 19.2 Å². The molecule has 36 heavy (non-hydrogen) atoms. The molecule has 0 aliphatic rings. The van der Waals surface area contributed by atoms with Crippen LogP contribution in [0.25, 0.3) is 33.6 Å². The predicted octanol–water partition coefficient (Wildman–Crippen LogP) is 8.15. The van der Waals surface area contributed by atoms with Crippen molar-refractivity contribution in [3.63, 3.8) is 0 Å². The molecule has 0 unspecified atom stereocenters. The minimum Gasteiger partial charge on any atom is -0.496 e. The maximum Gasteiger partial charge on any atom is 0.128 e. The number of para-hydroxylation sites is 2. The third-order valence-corrected chi connectivity index (χ3v) is 6.15. The molecule has 0 amide bonds. The van der Waals surface area contributed by atoms with Gasteiger partial charge in [0.2, 0.25) is 0 Å². The summed E-state index contributed by atoms with van der Waals surface area (Å²) in [5.41, 5.74) is 9.06. The molecular weight excluding hydrogens is 444 g/mol. The van der Waals surface area contributed by atoms with Crippen molar-refractivity contribution in [1.82, 2.24) is 4.98 Å². The van der Waals surface area contributed by atoms with Crippen LogP contribution in [0.1, 0.15) is 5.56 Å². The summed E-state index contributed by atoms with van der Waals surface area (Å²) in [6, 6.07) is 37.0. The van der Waals surface area contributed by atoms with Gasteiger partial charge in [0.05, 0.1) is 25.6 Å². The maximum atomic E-state index is 5.64. The van der Waals surface area contributed by atoms with Crippen molar-refractivity contribution >= 4 is 11.4 Å². The summed E-state index contributed by atoms with van der Waals surface area (Å²) in [5, 5.41) is 3.47. The molecule has 4 aromatic carbocycles. The normalized spacial score (nSPS) is 10.6. The molecule has 0 saturated heterocycles. The molecule has 1 heterocycles. The van der Waals surface area contributed by atoms with E-state index in [-0.39, 0.29) is 0 Å². The molecule has 0 spiro atoms. The minimum atomic E-state index is 0.783. The van der Waals surface area contributed by atoms with Gasteiger partial charge >= 0.3 is 0 Å². The fourth-order valence-electron chi connectivity index (χ4n) is 4.24. The molecule has 1 aromatic heterocycles. The van der Waals surface area contributed by atoms with Crippen molar-refractivity contribution in [1.29, 1.82) is 0 Å². The number of aromatic nitrogens is 1. The summed E-state index contributed by atoms with van der Waals surface area (Å²) in [7, 11) is 3.37. The van der Waals surface area contributed by atoms with E-state index in [1.807, 2.05) is 48.5 Å². The SMILES string of the molecule is COc1ccccc1-c1cc(-c2ccc(Nc3ccc(C)cc3)cc2)cc(-c2ccccc2OC)n1. The third-order valence-electron chi connectivity index (χ3n) is 6.15. The van der Waals surface area contributed by atoms with Crippen molar-refractivity contribution in [2.75, 3.05) is 19.5 Å². The van der Waals surface area contributed by atoms with Gasteiger partial charge in [-0.15, -0.1) is 0 Å². The van der Waals surface area contributed by atoms with Gasteiger partial charge < -0.3 is 14.8 Å². The number of hydrogen-bond donors (Lipinski definition) is 1. The second-order valence-electron chi connectivity index (χ2n) is 8.60. The Balaban J connectivity index is 1.58. The number of anilines is 2. The molecule has 0 aliphatic carbocycles. The summed E-state index contributed by atoms with van der Waals surface area (Å²) in [6.45, 7) is 2.09. The molecule has 178 valence electrons. The number of methoxy groups -OCH3 is 2. The first kappa shape index (κ1) is 23.2. The lowest BCUT2D eigenvalue weighted by Gasteiger charge is -2.14.